The van der Waals surface area contributed by atoms with Gasteiger partial charge in [-0.25, -0.2) is 4.57 Å². The summed E-state index contributed by atoms with van der Waals surface area (Å²) in [6.45, 7) is -4.12. The molecule has 0 saturated carbocycles. The van der Waals surface area contributed by atoms with E-state index in [9.17, 15) is 9.47 Å². The third-order valence-corrected chi connectivity index (χ3v) is 1.77. The Hall–Kier alpha value is -0.970. The van der Waals surface area contributed by atoms with Crippen LogP contribution in [0, 0.1) is 4.91 Å². The zero-order valence-corrected chi connectivity index (χ0v) is 8.43. The minimum Gasteiger partial charge on any atom is -0.302 e. The van der Waals surface area contributed by atoms with E-state index in [2.05, 4.69) is 15.0 Å². The topological polar surface area (TPSA) is 88.3 Å². The molecule has 0 spiro atoms. The van der Waals surface area contributed by atoms with Gasteiger partial charge in [0.25, 0.3) is 0 Å². The Morgan fingerprint density at radius 2 is 2.07 bits per heavy atom. The average Bonchev–Trinajstić information content (AvgIpc) is 2.14. The van der Waals surface area contributed by atoms with E-state index in [1.54, 1.807) is 0 Å². The number of nitroso groups, excluding NO2 is 1. The van der Waals surface area contributed by atoms with Crippen LogP contribution >= 0.6 is 18.2 Å². The normalized spacial score (nSPS) is 24.1. The molecule has 1 unspecified atom stereocenters. The van der Waals surface area contributed by atoms with Crippen molar-refractivity contribution >= 4 is 23.9 Å². The standard InChI is InChI=1S/C6H6ClN2O4P/c7-14(11,12)13-9-6-3-1-5(8-10)2-4-6/h1-5H,(H,11,12). The van der Waals surface area contributed by atoms with Crippen LogP contribution in [0.2, 0.25) is 0 Å². The smallest absolute Gasteiger partial charge is 0.302 e. The van der Waals surface area contributed by atoms with Crippen molar-refractivity contribution in [3.63, 3.8) is 0 Å². The molecule has 0 radical (unpaired) electrons. The van der Waals surface area contributed by atoms with Gasteiger partial charge in [0.1, 0.15) is 11.8 Å². The van der Waals surface area contributed by atoms with Crippen LogP contribution in [0.3, 0.4) is 0 Å². The van der Waals surface area contributed by atoms with Gasteiger partial charge in [0.2, 0.25) is 0 Å². The Kier molecular flexibility index (Phi) is 3.57. The van der Waals surface area contributed by atoms with Gasteiger partial charge in [-0.3, -0.25) is 0 Å². The molecule has 1 N–H and O–H groups in total. The van der Waals surface area contributed by atoms with Gasteiger partial charge in [-0.2, -0.15) is 0 Å². The number of hydrogen-bond acceptors (Lipinski definition) is 5. The number of oxime groups is 1. The molecule has 6 nitrogen and oxygen atoms in total. The van der Waals surface area contributed by atoms with Gasteiger partial charge >= 0.3 is 6.95 Å². The number of hydrogen-bond donors (Lipinski definition) is 1. The molecular weight excluding hydrogens is 231 g/mol. The molecule has 1 atom stereocenters. The molecule has 0 amide bonds. The van der Waals surface area contributed by atoms with Crippen LogP contribution in [0.5, 0.6) is 0 Å². The lowest BCUT2D eigenvalue weighted by molar-refractivity contribution is 0.290. The molecule has 14 heavy (non-hydrogen) atoms. The maximum absolute atomic E-state index is 10.5. The summed E-state index contributed by atoms with van der Waals surface area (Å²) >= 11 is 4.87. The van der Waals surface area contributed by atoms with E-state index in [0.29, 0.717) is 0 Å². The summed E-state index contributed by atoms with van der Waals surface area (Å²) in [7, 11) is 0. The summed E-state index contributed by atoms with van der Waals surface area (Å²) in [4.78, 5) is 18.6. The molecule has 0 bridgehead atoms. The summed E-state index contributed by atoms with van der Waals surface area (Å²) in [5, 5.41) is 6.02. The first-order valence-electron chi connectivity index (χ1n) is 3.49. The molecule has 0 saturated heterocycles. The molecule has 76 valence electrons. The SMILES string of the molecule is O=NC1C=CC(=NOP(=O)(O)Cl)C=C1. The van der Waals surface area contributed by atoms with Crippen LogP contribution in [0.4, 0.5) is 0 Å². The van der Waals surface area contributed by atoms with E-state index < -0.39 is 13.0 Å². The fourth-order valence-corrected chi connectivity index (χ4v) is 1.03. The fourth-order valence-electron chi connectivity index (χ4n) is 0.743. The number of nitrogens with zero attached hydrogens (tertiary/aromatic N) is 2. The summed E-state index contributed by atoms with van der Waals surface area (Å²) in [6, 6.07) is -0.536. The van der Waals surface area contributed by atoms with Gasteiger partial charge in [-0.15, -0.1) is 4.91 Å². The highest BCUT2D eigenvalue weighted by molar-refractivity contribution is 7.80. The highest BCUT2D eigenvalue weighted by Crippen LogP contribution is 2.47. The molecule has 0 aromatic heterocycles. The molecule has 0 aliphatic heterocycles. The van der Waals surface area contributed by atoms with Crippen LogP contribution in [0.1, 0.15) is 0 Å². The monoisotopic (exact) mass is 236 g/mol. The highest BCUT2D eigenvalue weighted by atomic mass is 35.7. The third kappa shape index (κ3) is 3.83. The van der Waals surface area contributed by atoms with Crippen molar-refractivity contribution in [1.29, 1.82) is 0 Å². The second-order valence-electron chi connectivity index (χ2n) is 2.36. The molecule has 0 aromatic rings. The molecule has 0 fully saturated rings. The van der Waals surface area contributed by atoms with Crippen LogP contribution < -0.4 is 0 Å². The second-order valence-corrected chi connectivity index (χ2v) is 4.71. The Bertz CT molecular complexity index is 343. The van der Waals surface area contributed by atoms with Crippen LogP contribution in [-0.4, -0.2) is 16.6 Å². The summed E-state index contributed by atoms with van der Waals surface area (Å²) < 4.78 is 14.5. The predicted molar refractivity (Wildman–Crippen MR) is 52.1 cm³/mol. The lowest BCUT2D eigenvalue weighted by atomic mass is 10.1. The highest BCUT2D eigenvalue weighted by Gasteiger charge is 2.15. The predicted octanol–water partition coefficient (Wildman–Crippen LogP) is 1.96. The Balaban J connectivity index is 2.62. The molecule has 8 heteroatoms. The Morgan fingerprint density at radius 1 is 1.50 bits per heavy atom. The van der Waals surface area contributed by atoms with Crippen molar-refractivity contribution in [1.82, 2.24) is 0 Å². The lowest BCUT2D eigenvalue weighted by Gasteiger charge is -2.03. The van der Waals surface area contributed by atoms with E-state index in [0.717, 1.165) is 0 Å². The summed E-state index contributed by atoms with van der Waals surface area (Å²) in [5.41, 5.74) is 0.278. The van der Waals surface area contributed by atoms with Gasteiger partial charge in [0.15, 0.2) is 0 Å². The van der Waals surface area contributed by atoms with Gasteiger partial charge in [0, 0.05) is 11.2 Å². The van der Waals surface area contributed by atoms with E-state index in [4.69, 9.17) is 16.1 Å². The van der Waals surface area contributed by atoms with E-state index >= 15 is 0 Å². The molecule has 1 rings (SSSR count). The maximum atomic E-state index is 10.5. The largest absolute Gasteiger partial charge is 0.494 e. The van der Waals surface area contributed by atoms with Crippen molar-refractivity contribution in [3.05, 3.63) is 29.2 Å². The minimum absolute atomic E-state index is 0.278. The van der Waals surface area contributed by atoms with Gasteiger partial charge in [-0.1, -0.05) is 22.5 Å². The van der Waals surface area contributed by atoms with Crippen molar-refractivity contribution < 1.29 is 14.1 Å². The summed E-state index contributed by atoms with van der Waals surface area (Å²) in [6.07, 6.45) is 5.79. The number of halogens is 1. The molecule has 1 aliphatic carbocycles. The third-order valence-electron chi connectivity index (χ3n) is 1.30. The van der Waals surface area contributed by atoms with Crippen molar-refractivity contribution in [3.8, 4) is 0 Å². The fraction of sp³-hybridized carbons (Fsp3) is 0.167. The Labute approximate surface area is 84.2 Å². The molecule has 1 aliphatic rings. The van der Waals surface area contributed by atoms with E-state index in [1.165, 1.54) is 24.3 Å². The molecule has 0 aromatic carbocycles. The molecule has 0 heterocycles. The number of rotatable bonds is 3. The van der Waals surface area contributed by atoms with Crippen molar-refractivity contribution in [2.45, 2.75) is 6.04 Å². The zero-order valence-electron chi connectivity index (χ0n) is 6.78. The second kappa shape index (κ2) is 4.50. The van der Waals surface area contributed by atoms with Crippen molar-refractivity contribution in [2.75, 3.05) is 0 Å². The van der Waals surface area contributed by atoms with Crippen LogP contribution in [0.25, 0.3) is 0 Å². The van der Waals surface area contributed by atoms with Gasteiger partial charge in [0.05, 0.1) is 0 Å². The lowest BCUT2D eigenvalue weighted by Crippen LogP contribution is -2.02. The van der Waals surface area contributed by atoms with Crippen molar-refractivity contribution in [2.24, 2.45) is 10.3 Å². The van der Waals surface area contributed by atoms with Crippen LogP contribution in [-0.2, 0) is 9.19 Å². The summed E-state index contributed by atoms with van der Waals surface area (Å²) in [5.74, 6) is 0. The minimum atomic E-state index is -4.12. The first-order chi connectivity index (χ1) is 6.51. The Morgan fingerprint density at radius 3 is 2.50 bits per heavy atom. The molecular formula is C6H6ClN2O4P. The maximum Gasteiger partial charge on any atom is 0.494 e. The van der Waals surface area contributed by atoms with Gasteiger partial charge < -0.3 is 9.52 Å². The number of allylic oxidation sites excluding steroid dienone is 2. The van der Waals surface area contributed by atoms with E-state index in [-0.39, 0.29) is 5.71 Å². The quantitative estimate of drug-likeness (QED) is 0.461. The zero-order chi connectivity index (χ0) is 10.6. The van der Waals surface area contributed by atoms with E-state index in [1.807, 2.05) is 0 Å². The van der Waals surface area contributed by atoms with Crippen LogP contribution in [0.15, 0.2) is 34.6 Å². The average molecular weight is 237 g/mol. The first-order valence-corrected chi connectivity index (χ1v) is 5.97. The first kappa shape index (κ1) is 11.1. The van der Waals surface area contributed by atoms with Gasteiger partial charge in [-0.05, 0) is 12.2 Å².